The Morgan fingerprint density at radius 1 is 1.07 bits per heavy atom. The lowest BCUT2D eigenvalue weighted by Crippen LogP contribution is -2.19. The number of aryl methyl sites for hydroxylation is 2. The Morgan fingerprint density at radius 2 is 1.43 bits per heavy atom. The maximum Gasteiger partial charge on any atom is 0.207 e. The van der Waals surface area contributed by atoms with E-state index in [2.05, 4.69) is 43.4 Å². The molecule has 0 atom stereocenters. The molecular weight excluding hydrogens is 174 g/mol. The van der Waals surface area contributed by atoms with Crippen LogP contribution in [0.3, 0.4) is 0 Å². The van der Waals surface area contributed by atoms with Gasteiger partial charge in [-0.05, 0) is 27.7 Å². The summed E-state index contributed by atoms with van der Waals surface area (Å²) in [7, 11) is 0. The van der Waals surface area contributed by atoms with Crippen molar-refractivity contribution in [3.63, 3.8) is 0 Å². The number of amides is 1. The molecule has 0 spiro atoms. The van der Waals surface area contributed by atoms with Gasteiger partial charge in [0, 0.05) is 6.04 Å². The van der Waals surface area contributed by atoms with Crippen LogP contribution in [-0.4, -0.2) is 12.5 Å². The summed E-state index contributed by atoms with van der Waals surface area (Å²) in [5.74, 6) is 0. The molecule has 1 amide bonds. The Morgan fingerprint density at radius 3 is 1.57 bits per heavy atom. The molecule has 0 saturated carbocycles. The minimum atomic E-state index is 0.280. The molecule has 0 bridgehead atoms. The maximum absolute atomic E-state index is 9.50. The van der Waals surface area contributed by atoms with E-state index in [1.807, 2.05) is 13.8 Å². The highest BCUT2D eigenvalue weighted by Crippen LogP contribution is 1.99. The zero-order valence-electron chi connectivity index (χ0n) is 9.37. The van der Waals surface area contributed by atoms with Gasteiger partial charge in [-0.1, -0.05) is 35.4 Å². The molecule has 0 aliphatic heterocycles. The molecule has 0 radical (unpaired) electrons. The summed E-state index contributed by atoms with van der Waals surface area (Å²) in [5, 5.41) is 2.53. The molecule has 1 rings (SSSR count). The molecule has 1 N–H and O–H groups in total. The number of hydrogen-bond donors (Lipinski definition) is 1. The Kier molecular flexibility index (Phi) is 6.46. The van der Waals surface area contributed by atoms with Gasteiger partial charge in [-0.25, -0.2) is 0 Å². The molecule has 0 aliphatic carbocycles. The first-order valence-electron chi connectivity index (χ1n) is 4.79. The fourth-order valence-corrected chi connectivity index (χ4v) is 0.773. The van der Waals surface area contributed by atoms with Gasteiger partial charge >= 0.3 is 0 Å². The SMILES string of the molecule is CC(C)NC=O.Cc1ccc(C)cc1. The zero-order chi connectivity index (χ0) is 11.0. The molecule has 0 saturated heterocycles. The third-order valence-corrected chi connectivity index (χ3v) is 1.62. The first-order valence-corrected chi connectivity index (χ1v) is 4.79. The summed E-state index contributed by atoms with van der Waals surface area (Å²) in [6, 6.07) is 8.76. The molecule has 2 heteroatoms. The van der Waals surface area contributed by atoms with Crippen molar-refractivity contribution in [3.8, 4) is 0 Å². The average molecular weight is 193 g/mol. The van der Waals surface area contributed by atoms with Crippen molar-refractivity contribution in [2.45, 2.75) is 33.7 Å². The van der Waals surface area contributed by atoms with Crippen molar-refractivity contribution in [2.24, 2.45) is 0 Å². The van der Waals surface area contributed by atoms with Crippen LogP contribution in [0.4, 0.5) is 0 Å². The van der Waals surface area contributed by atoms with Crippen LogP contribution in [0.15, 0.2) is 24.3 Å². The van der Waals surface area contributed by atoms with Crippen molar-refractivity contribution in [1.82, 2.24) is 5.32 Å². The first-order chi connectivity index (χ1) is 6.56. The van der Waals surface area contributed by atoms with Gasteiger partial charge in [-0.3, -0.25) is 4.79 Å². The fourth-order valence-electron chi connectivity index (χ4n) is 0.773. The standard InChI is InChI=1S/C8H10.C4H9NO/c1-7-3-5-8(2)6-4-7;1-4(2)5-3-6/h3-6H,1-2H3;3-4H,1-2H3,(H,5,6). The van der Waals surface area contributed by atoms with E-state index in [9.17, 15) is 4.79 Å². The second-order valence-electron chi connectivity index (χ2n) is 3.59. The highest BCUT2D eigenvalue weighted by molar-refractivity contribution is 5.46. The van der Waals surface area contributed by atoms with Crippen LogP contribution in [0.1, 0.15) is 25.0 Å². The molecule has 14 heavy (non-hydrogen) atoms. The lowest BCUT2D eigenvalue weighted by atomic mass is 10.2. The summed E-state index contributed by atoms with van der Waals surface area (Å²) < 4.78 is 0. The fraction of sp³-hybridized carbons (Fsp3) is 0.417. The average Bonchev–Trinajstić information content (AvgIpc) is 2.11. The highest BCUT2D eigenvalue weighted by Gasteiger charge is 1.81. The molecule has 2 nitrogen and oxygen atoms in total. The Balaban J connectivity index is 0.000000255. The highest BCUT2D eigenvalue weighted by atomic mass is 16.1. The van der Waals surface area contributed by atoms with E-state index in [0.29, 0.717) is 6.41 Å². The van der Waals surface area contributed by atoms with Gasteiger partial charge in [0.05, 0.1) is 0 Å². The zero-order valence-corrected chi connectivity index (χ0v) is 9.37. The summed E-state index contributed by atoms with van der Waals surface area (Å²) in [6.45, 7) is 8.02. The third-order valence-electron chi connectivity index (χ3n) is 1.62. The topological polar surface area (TPSA) is 29.1 Å². The minimum Gasteiger partial charge on any atom is -0.357 e. The van der Waals surface area contributed by atoms with E-state index < -0.39 is 0 Å². The minimum absolute atomic E-state index is 0.280. The van der Waals surface area contributed by atoms with Crippen LogP contribution in [0, 0.1) is 13.8 Å². The molecule has 0 heterocycles. The van der Waals surface area contributed by atoms with Crippen molar-refractivity contribution in [1.29, 1.82) is 0 Å². The predicted molar refractivity (Wildman–Crippen MR) is 60.3 cm³/mol. The van der Waals surface area contributed by atoms with Crippen molar-refractivity contribution < 1.29 is 4.79 Å². The van der Waals surface area contributed by atoms with Crippen LogP contribution in [-0.2, 0) is 4.79 Å². The van der Waals surface area contributed by atoms with Crippen molar-refractivity contribution >= 4 is 6.41 Å². The monoisotopic (exact) mass is 193 g/mol. The van der Waals surface area contributed by atoms with E-state index in [-0.39, 0.29) is 6.04 Å². The van der Waals surface area contributed by atoms with Gasteiger partial charge in [-0.2, -0.15) is 0 Å². The Labute approximate surface area is 86.3 Å². The number of carbonyl (C=O) groups excluding carboxylic acids is 1. The van der Waals surface area contributed by atoms with Crippen LogP contribution in [0.5, 0.6) is 0 Å². The van der Waals surface area contributed by atoms with E-state index in [1.54, 1.807) is 0 Å². The van der Waals surface area contributed by atoms with Gasteiger partial charge in [0.1, 0.15) is 0 Å². The molecule has 0 unspecified atom stereocenters. The number of rotatable bonds is 2. The lowest BCUT2D eigenvalue weighted by Gasteiger charge is -1.96. The summed E-state index contributed by atoms with van der Waals surface area (Å²) >= 11 is 0. The predicted octanol–water partition coefficient (Wildman–Crippen LogP) is 2.44. The molecule has 78 valence electrons. The largest absolute Gasteiger partial charge is 0.357 e. The smallest absolute Gasteiger partial charge is 0.207 e. The Hall–Kier alpha value is -1.31. The first kappa shape index (κ1) is 12.7. The lowest BCUT2D eigenvalue weighted by molar-refractivity contribution is -0.109. The van der Waals surface area contributed by atoms with E-state index >= 15 is 0 Å². The second kappa shape index (κ2) is 7.13. The van der Waals surface area contributed by atoms with Gasteiger partial charge in [-0.15, -0.1) is 0 Å². The number of nitrogens with one attached hydrogen (secondary N) is 1. The van der Waals surface area contributed by atoms with Crippen LogP contribution >= 0.6 is 0 Å². The third kappa shape index (κ3) is 7.35. The molecule has 1 aromatic rings. The molecule has 0 aromatic heterocycles. The maximum atomic E-state index is 9.50. The normalized spacial score (nSPS) is 8.93. The molecule has 1 aromatic carbocycles. The van der Waals surface area contributed by atoms with Crippen LogP contribution in [0.25, 0.3) is 0 Å². The molecule has 0 aliphatic rings. The van der Waals surface area contributed by atoms with Crippen molar-refractivity contribution in [3.05, 3.63) is 35.4 Å². The second-order valence-corrected chi connectivity index (χ2v) is 3.59. The molecule has 0 fully saturated rings. The van der Waals surface area contributed by atoms with Crippen LogP contribution < -0.4 is 5.32 Å². The van der Waals surface area contributed by atoms with E-state index in [1.165, 1.54) is 11.1 Å². The molecular formula is C12H19NO. The van der Waals surface area contributed by atoms with Crippen LogP contribution in [0.2, 0.25) is 0 Å². The van der Waals surface area contributed by atoms with E-state index in [0.717, 1.165) is 0 Å². The quantitative estimate of drug-likeness (QED) is 0.718. The number of carbonyl (C=O) groups is 1. The Bertz CT molecular complexity index is 231. The number of hydrogen-bond acceptors (Lipinski definition) is 1. The number of benzene rings is 1. The van der Waals surface area contributed by atoms with Crippen molar-refractivity contribution in [2.75, 3.05) is 0 Å². The van der Waals surface area contributed by atoms with Gasteiger partial charge < -0.3 is 5.32 Å². The van der Waals surface area contributed by atoms with Gasteiger partial charge in [0.15, 0.2) is 0 Å². The summed E-state index contributed by atoms with van der Waals surface area (Å²) in [5.41, 5.74) is 2.66. The van der Waals surface area contributed by atoms with Gasteiger partial charge in [0.2, 0.25) is 6.41 Å². The summed E-state index contributed by atoms with van der Waals surface area (Å²) in [6.07, 6.45) is 0.699. The van der Waals surface area contributed by atoms with E-state index in [4.69, 9.17) is 0 Å². The summed E-state index contributed by atoms with van der Waals surface area (Å²) in [4.78, 5) is 9.50. The van der Waals surface area contributed by atoms with Gasteiger partial charge in [0.25, 0.3) is 0 Å².